The van der Waals surface area contributed by atoms with Crippen molar-refractivity contribution in [3.63, 3.8) is 0 Å². The number of rotatable bonds is 6. The molecule has 0 fully saturated rings. The molecule has 0 bridgehead atoms. The zero-order valence-corrected chi connectivity index (χ0v) is 14.3. The number of halogens is 1. The molecule has 0 aliphatic heterocycles. The molecule has 2 aromatic rings. The van der Waals surface area contributed by atoms with Gasteiger partial charge in [0.15, 0.2) is 10.8 Å². The van der Waals surface area contributed by atoms with Gasteiger partial charge < -0.3 is 19.2 Å². The van der Waals surface area contributed by atoms with Crippen LogP contribution in [0.1, 0.15) is 23.0 Å². The molecule has 1 heterocycles. The third kappa shape index (κ3) is 4.85. The third-order valence-corrected chi connectivity index (χ3v) is 3.48. The molecule has 0 saturated carbocycles. The van der Waals surface area contributed by atoms with Crippen LogP contribution in [0.15, 0.2) is 45.5 Å². The van der Waals surface area contributed by atoms with Crippen molar-refractivity contribution >= 4 is 27.8 Å². The number of amides is 1. The Morgan fingerprint density at radius 3 is 2.48 bits per heavy atom. The Balaban J connectivity index is 1.83. The second-order valence-electron chi connectivity index (χ2n) is 4.72. The molecule has 7 heteroatoms. The van der Waals surface area contributed by atoms with Gasteiger partial charge in [0.25, 0.3) is 5.91 Å². The minimum atomic E-state index is -0.926. The maximum Gasteiger partial charge on any atom is 0.375 e. The highest BCUT2D eigenvalue weighted by Gasteiger charge is 2.20. The average molecular weight is 382 g/mol. The van der Waals surface area contributed by atoms with Crippen LogP contribution in [0.5, 0.6) is 5.75 Å². The SMILES string of the molecule is COc1ccc(CNC(=O)[C@@H](C)OC(=O)c2ccc(Br)o2)cc1. The van der Waals surface area contributed by atoms with Gasteiger partial charge in [0.05, 0.1) is 7.11 Å². The van der Waals surface area contributed by atoms with E-state index in [-0.39, 0.29) is 11.7 Å². The Morgan fingerprint density at radius 1 is 1.22 bits per heavy atom. The second kappa shape index (κ2) is 7.82. The van der Waals surface area contributed by atoms with Crippen molar-refractivity contribution in [1.29, 1.82) is 0 Å². The van der Waals surface area contributed by atoms with Gasteiger partial charge in [0.2, 0.25) is 5.76 Å². The summed E-state index contributed by atoms with van der Waals surface area (Å²) in [5.41, 5.74) is 0.910. The maximum atomic E-state index is 12.0. The largest absolute Gasteiger partial charge is 0.497 e. The van der Waals surface area contributed by atoms with Crippen molar-refractivity contribution in [2.24, 2.45) is 0 Å². The van der Waals surface area contributed by atoms with Crippen molar-refractivity contribution in [2.45, 2.75) is 19.6 Å². The summed E-state index contributed by atoms with van der Waals surface area (Å²) in [5, 5.41) is 2.70. The molecule has 0 unspecified atom stereocenters. The van der Waals surface area contributed by atoms with E-state index in [0.717, 1.165) is 11.3 Å². The first-order valence-electron chi connectivity index (χ1n) is 6.86. The van der Waals surface area contributed by atoms with Crippen molar-refractivity contribution in [2.75, 3.05) is 7.11 Å². The van der Waals surface area contributed by atoms with Crippen molar-refractivity contribution in [1.82, 2.24) is 5.32 Å². The molecule has 1 amide bonds. The first kappa shape index (κ1) is 17.1. The van der Waals surface area contributed by atoms with E-state index in [2.05, 4.69) is 21.2 Å². The van der Waals surface area contributed by atoms with Gasteiger partial charge in [-0.15, -0.1) is 0 Å². The van der Waals surface area contributed by atoms with Crippen LogP contribution >= 0.6 is 15.9 Å². The topological polar surface area (TPSA) is 77.8 Å². The molecule has 2 rings (SSSR count). The summed E-state index contributed by atoms with van der Waals surface area (Å²) in [6.45, 7) is 1.83. The van der Waals surface area contributed by atoms with Gasteiger partial charge in [0, 0.05) is 6.54 Å². The highest BCUT2D eigenvalue weighted by molar-refractivity contribution is 9.10. The van der Waals surface area contributed by atoms with E-state index in [9.17, 15) is 9.59 Å². The number of ether oxygens (including phenoxy) is 2. The number of methoxy groups -OCH3 is 1. The molecular weight excluding hydrogens is 366 g/mol. The summed E-state index contributed by atoms with van der Waals surface area (Å²) in [7, 11) is 1.59. The van der Waals surface area contributed by atoms with Crippen LogP contribution in [-0.4, -0.2) is 25.1 Å². The molecule has 1 aromatic heterocycles. The fraction of sp³-hybridized carbons (Fsp3) is 0.250. The highest BCUT2D eigenvalue weighted by Crippen LogP contribution is 2.15. The van der Waals surface area contributed by atoms with Crippen molar-refractivity contribution in [3.05, 3.63) is 52.4 Å². The van der Waals surface area contributed by atoms with Gasteiger partial charge >= 0.3 is 5.97 Å². The van der Waals surface area contributed by atoms with E-state index in [1.54, 1.807) is 25.3 Å². The normalized spacial score (nSPS) is 11.6. The predicted octanol–water partition coefficient (Wildman–Crippen LogP) is 2.91. The standard InChI is InChI=1S/C16H16BrNO5/c1-10(22-16(20)13-7-8-14(17)23-13)15(19)18-9-11-3-5-12(21-2)6-4-11/h3-8,10H,9H2,1-2H3,(H,18,19)/t10-/m1/s1. The Hall–Kier alpha value is -2.28. The van der Waals surface area contributed by atoms with Crippen LogP contribution in [0.2, 0.25) is 0 Å². The first-order chi connectivity index (χ1) is 11.0. The average Bonchev–Trinajstić information content (AvgIpc) is 2.99. The molecular formula is C16H16BrNO5. The summed E-state index contributed by atoms with van der Waals surface area (Å²) < 4.78 is 15.6. The van der Waals surface area contributed by atoms with Crippen LogP contribution in [0.25, 0.3) is 0 Å². The molecule has 1 atom stereocenters. The molecule has 1 N–H and O–H groups in total. The molecule has 0 saturated heterocycles. The van der Waals surface area contributed by atoms with Crippen molar-refractivity contribution in [3.8, 4) is 5.75 Å². The van der Waals surface area contributed by atoms with Crippen LogP contribution in [0.4, 0.5) is 0 Å². The predicted molar refractivity (Wildman–Crippen MR) is 86.1 cm³/mol. The van der Waals surface area contributed by atoms with Gasteiger partial charge in [-0.2, -0.15) is 0 Å². The van der Waals surface area contributed by atoms with Crippen LogP contribution in [0, 0.1) is 0 Å². The van der Waals surface area contributed by atoms with Crippen LogP contribution in [0.3, 0.4) is 0 Å². The van der Waals surface area contributed by atoms with Gasteiger partial charge in [-0.3, -0.25) is 4.79 Å². The van der Waals surface area contributed by atoms with E-state index in [1.807, 2.05) is 12.1 Å². The summed E-state index contributed by atoms with van der Waals surface area (Å²) in [6.07, 6.45) is -0.926. The lowest BCUT2D eigenvalue weighted by atomic mass is 10.2. The lowest BCUT2D eigenvalue weighted by molar-refractivity contribution is -0.129. The van der Waals surface area contributed by atoms with Gasteiger partial charge in [-0.1, -0.05) is 12.1 Å². The summed E-state index contributed by atoms with van der Waals surface area (Å²) >= 11 is 3.09. The van der Waals surface area contributed by atoms with Gasteiger partial charge in [0.1, 0.15) is 5.75 Å². The lowest BCUT2D eigenvalue weighted by Gasteiger charge is -2.13. The fourth-order valence-corrected chi connectivity index (χ4v) is 2.08. The molecule has 0 aliphatic rings. The number of nitrogens with one attached hydrogen (secondary N) is 1. The molecule has 0 radical (unpaired) electrons. The fourth-order valence-electron chi connectivity index (χ4n) is 1.77. The Kier molecular flexibility index (Phi) is 5.81. The molecule has 0 spiro atoms. The Morgan fingerprint density at radius 2 is 1.91 bits per heavy atom. The van der Waals surface area contributed by atoms with Gasteiger partial charge in [-0.05, 0) is 52.7 Å². The smallest absolute Gasteiger partial charge is 0.375 e. The third-order valence-electron chi connectivity index (χ3n) is 3.05. The highest BCUT2D eigenvalue weighted by atomic mass is 79.9. The molecule has 122 valence electrons. The van der Waals surface area contributed by atoms with E-state index in [0.29, 0.717) is 11.2 Å². The maximum absolute atomic E-state index is 12.0. The van der Waals surface area contributed by atoms with Crippen molar-refractivity contribution < 1.29 is 23.5 Å². The van der Waals surface area contributed by atoms with Crippen LogP contribution in [-0.2, 0) is 16.1 Å². The monoisotopic (exact) mass is 381 g/mol. The number of esters is 1. The summed E-state index contributed by atoms with van der Waals surface area (Å²) in [4.78, 5) is 23.7. The van der Waals surface area contributed by atoms with Gasteiger partial charge in [-0.25, -0.2) is 4.79 Å². The Bertz CT molecular complexity index is 680. The minimum Gasteiger partial charge on any atom is -0.497 e. The molecule has 0 aliphatic carbocycles. The van der Waals surface area contributed by atoms with E-state index in [4.69, 9.17) is 13.9 Å². The quantitative estimate of drug-likeness (QED) is 0.778. The Labute approximate surface area is 141 Å². The second-order valence-corrected chi connectivity index (χ2v) is 5.50. The first-order valence-corrected chi connectivity index (χ1v) is 7.66. The van der Waals surface area contributed by atoms with E-state index < -0.39 is 12.1 Å². The zero-order chi connectivity index (χ0) is 16.8. The molecule has 1 aromatic carbocycles. The van der Waals surface area contributed by atoms with E-state index in [1.165, 1.54) is 13.0 Å². The minimum absolute atomic E-state index is 0.0340. The number of hydrogen-bond donors (Lipinski definition) is 1. The van der Waals surface area contributed by atoms with Crippen LogP contribution < -0.4 is 10.1 Å². The number of furan rings is 1. The number of hydrogen-bond acceptors (Lipinski definition) is 5. The molecule has 23 heavy (non-hydrogen) atoms. The summed E-state index contributed by atoms with van der Waals surface area (Å²) in [6, 6.07) is 10.3. The molecule has 6 nitrogen and oxygen atoms in total. The zero-order valence-electron chi connectivity index (χ0n) is 12.7. The summed E-state index contributed by atoms with van der Waals surface area (Å²) in [5.74, 6) is -0.304. The lowest BCUT2D eigenvalue weighted by Crippen LogP contribution is -2.35. The number of carbonyl (C=O) groups excluding carboxylic acids is 2. The van der Waals surface area contributed by atoms with E-state index >= 15 is 0 Å². The number of carbonyl (C=O) groups is 2. The number of benzene rings is 1.